The lowest BCUT2D eigenvalue weighted by Crippen LogP contribution is -2.53. The van der Waals surface area contributed by atoms with Gasteiger partial charge in [0.2, 0.25) is 21.8 Å². The van der Waals surface area contributed by atoms with Gasteiger partial charge in [-0.1, -0.05) is 66.2 Å². The van der Waals surface area contributed by atoms with Crippen LogP contribution >= 0.6 is 34.8 Å². The quantitative estimate of drug-likeness (QED) is 0.442. The van der Waals surface area contributed by atoms with Crippen LogP contribution in [0.5, 0.6) is 0 Å². The molecule has 196 valence electrons. The van der Waals surface area contributed by atoms with E-state index in [1.54, 1.807) is 43.3 Å². The number of nitrogens with zero attached hydrogens (tertiary/aromatic N) is 2. The average molecular weight is 575 g/mol. The summed E-state index contributed by atoms with van der Waals surface area (Å²) in [7, 11) is -3.84. The first-order valence-electron chi connectivity index (χ1n) is 11.7. The van der Waals surface area contributed by atoms with Crippen LogP contribution in [0.3, 0.4) is 0 Å². The summed E-state index contributed by atoms with van der Waals surface area (Å²) in [5.41, 5.74) is 0.836. The number of rotatable bonds is 9. The lowest BCUT2D eigenvalue weighted by molar-refractivity contribution is -0.139. The first-order valence-corrected chi connectivity index (χ1v) is 14.7. The predicted molar refractivity (Wildman–Crippen MR) is 145 cm³/mol. The van der Waals surface area contributed by atoms with Crippen molar-refractivity contribution in [2.24, 2.45) is 0 Å². The molecular weight excluding hydrogens is 545 g/mol. The van der Waals surface area contributed by atoms with Gasteiger partial charge in [-0.25, -0.2) is 8.42 Å². The van der Waals surface area contributed by atoms with Crippen LogP contribution in [0, 0.1) is 0 Å². The van der Waals surface area contributed by atoms with Crippen molar-refractivity contribution in [1.82, 2.24) is 10.2 Å². The van der Waals surface area contributed by atoms with Gasteiger partial charge in [-0.05, 0) is 55.7 Å². The van der Waals surface area contributed by atoms with E-state index in [0.29, 0.717) is 20.6 Å². The lowest BCUT2D eigenvalue weighted by atomic mass is 9.95. The Labute approximate surface area is 227 Å². The topological polar surface area (TPSA) is 86.8 Å². The second kappa shape index (κ2) is 12.5. The van der Waals surface area contributed by atoms with Crippen LogP contribution in [0.1, 0.15) is 44.6 Å². The highest BCUT2D eigenvalue weighted by Crippen LogP contribution is 2.25. The maximum absolute atomic E-state index is 13.6. The monoisotopic (exact) mass is 573 g/mol. The van der Waals surface area contributed by atoms with Crippen molar-refractivity contribution in [2.45, 2.75) is 57.7 Å². The molecule has 0 spiro atoms. The molecule has 11 heteroatoms. The van der Waals surface area contributed by atoms with Crippen molar-refractivity contribution in [3.05, 3.63) is 63.1 Å². The van der Waals surface area contributed by atoms with E-state index in [9.17, 15) is 18.0 Å². The van der Waals surface area contributed by atoms with Crippen LogP contribution in [0.15, 0.2) is 42.5 Å². The molecule has 0 radical (unpaired) electrons. The number of sulfonamides is 1. The first kappa shape index (κ1) is 28.6. The molecule has 0 saturated heterocycles. The number of benzene rings is 2. The fourth-order valence-electron chi connectivity index (χ4n) is 4.23. The largest absolute Gasteiger partial charge is 0.352 e. The Morgan fingerprint density at radius 3 is 2.31 bits per heavy atom. The summed E-state index contributed by atoms with van der Waals surface area (Å²) in [5, 5.41) is 4.16. The number of nitrogens with one attached hydrogen (secondary N) is 1. The number of hydrogen-bond acceptors (Lipinski definition) is 4. The molecule has 1 aliphatic rings. The van der Waals surface area contributed by atoms with Crippen molar-refractivity contribution in [1.29, 1.82) is 0 Å². The van der Waals surface area contributed by atoms with E-state index in [1.165, 1.54) is 11.0 Å². The Balaban J connectivity index is 1.90. The maximum atomic E-state index is 13.6. The molecule has 1 N–H and O–H groups in total. The van der Waals surface area contributed by atoms with Crippen LogP contribution in [0.4, 0.5) is 5.69 Å². The number of carbonyl (C=O) groups is 2. The van der Waals surface area contributed by atoms with Gasteiger partial charge in [0.05, 0.1) is 11.9 Å². The normalized spacial score (nSPS) is 15.2. The molecule has 2 aromatic carbocycles. The number of anilines is 1. The second-order valence-corrected chi connectivity index (χ2v) is 12.2. The Morgan fingerprint density at radius 2 is 1.69 bits per heavy atom. The third-order valence-corrected chi connectivity index (χ3v) is 8.21. The fraction of sp³-hybridized carbons (Fsp3) is 0.440. The molecule has 1 unspecified atom stereocenters. The smallest absolute Gasteiger partial charge is 0.244 e. The van der Waals surface area contributed by atoms with Crippen molar-refractivity contribution < 1.29 is 18.0 Å². The highest BCUT2D eigenvalue weighted by Gasteiger charge is 2.31. The molecule has 0 heterocycles. The van der Waals surface area contributed by atoms with Gasteiger partial charge in [0.1, 0.15) is 12.6 Å². The number of hydrogen-bond donors (Lipinski definition) is 1. The molecule has 2 amide bonds. The molecular formula is C25H30Cl3N3O4S. The number of carbonyl (C=O) groups excluding carboxylic acids is 2. The zero-order valence-electron chi connectivity index (χ0n) is 20.2. The van der Waals surface area contributed by atoms with E-state index in [1.807, 2.05) is 0 Å². The van der Waals surface area contributed by atoms with Gasteiger partial charge in [-0.2, -0.15) is 0 Å². The molecule has 1 fully saturated rings. The average Bonchev–Trinajstić information content (AvgIpc) is 2.81. The van der Waals surface area contributed by atoms with Gasteiger partial charge in [0, 0.05) is 27.7 Å². The maximum Gasteiger partial charge on any atom is 0.244 e. The Kier molecular flexibility index (Phi) is 9.92. The Bertz CT molecular complexity index is 1200. The summed E-state index contributed by atoms with van der Waals surface area (Å²) in [4.78, 5) is 28.1. The van der Waals surface area contributed by atoms with E-state index < -0.39 is 28.5 Å². The van der Waals surface area contributed by atoms with E-state index >= 15 is 0 Å². The second-order valence-electron chi connectivity index (χ2n) is 9.03. The predicted octanol–water partition coefficient (Wildman–Crippen LogP) is 5.28. The summed E-state index contributed by atoms with van der Waals surface area (Å²) in [6, 6.07) is 10.3. The van der Waals surface area contributed by atoms with Gasteiger partial charge in [0.25, 0.3) is 0 Å². The third-order valence-electron chi connectivity index (χ3n) is 6.25. The molecule has 3 rings (SSSR count). The summed E-state index contributed by atoms with van der Waals surface area (Å²) in [5.74, 6) is -0.855. The highest BCUT2D eigenvalue weighted by molar-refractivity contribution is 7.92. The van der Waals surface area contributed by atoms with E-state index in [4.69, 9.17) is 34.8 Å². The minimum Gasteiger partial charge on any atom is -0.352 e. The molecule has 2 aromatic rings. The summed E-state index contributed by atoms with van der Waals surface area (Å²) in [6.07, 6.45) is 6.04. The van der Waals surface area contributed by atoms with Crippen LogP contribution < -0.4 is 9.62 Å². The van der Waals surface area contributed by atoms with Gasteiger partial charge >= 0.3 is 0 Å². The molecule has 0 aliphatic heterocycles. The molecule has 0 aromatic heterocycles. The standard InChI is InChI=1S/C25H30Cl3N3O4S/c1-17(25(33)29-21-8-4-3-5-9-21)30(15-18-11-12-20(27)14-23(18)28)24(32)16-31(36(2,34)35)22-10-6-7-19(26)13-22/h6-7,10-14,17,21H,3-5,8-9,15-16H2,1-2H3,(H,29,33). The SMILES string of the molecule is CC(C(=O)NC1CCCCC1)N(Cc1ccc(Cl)cc1Cl)C(=O)CN(c1cccc(Cl)c1)S(C)(=O)=O. The Hall–Kier alpha value is -2.00. The molecule has 0 bridgehead atoms. The van der Waals surface area contributed by atoms with Crippen LogP contribution in [-0.4, -0.2) is 50.0 Å². The molecule has 1 atom stereocenters. The van der Waals surface area contributed by atoms with Crippen LogP contribution in [0.2, 0.25) is 15.1 Å². The summed E-state index contributed by atoms with van der Waals surface area (Å²) < 4.78 is 26.2. The van der Waals surface area contributed by atoms with Crippen molar-refractivity contribution in [3.8, 4) is 0 Å². The summed E-state index contributed by atoms with van der Waals surface area (Å²) in [6.45, 7) is 1.12. The lowest BCUT2D eigenvalue weighted by Gasteiger charge is -2.33. The molecule has 7 nitrogen and oxygen atoms in total. The van der Waals surface area contributed by atoms with Gasteiger partial charge < -0.3 is 10.2 Å². The third kappa shape index (κ3) is 7.75. The number of halogens is 3. The van der Waals surface area contributed by atoms with Crippen molar-refractivity contribution >= 4 is 62.3 Å². The zero-order valence-corrected chi connectivity index (χ0v) is 23.3. The van der Waals surface area contributed by atoms with E-state index in [0.717, 1.165) is 42.7 Å². The number of amides is 2. The molecule has 1 saturated carbocycles. The highest BCUT2D eigenvalue weighted by atomic mass is 35.5. The van der Waals surface area contributed by atoms with E-state index in [-0.39, 0.29) is 24.2 Å². The van der Waals surface area contributed by atoms with Crippen molar-refractivity contribution in [3.63, 3.8) is 0 Å². The van der Waals surface area contributed by atoms with Crippen LogP contribution in [-0.2, 0) is 26.2 Å². The molecule has 36 heavy (non-hydrogen) atoms. The minimum absolute atomic E-state index is 0.00123. The fourth-order valence-corrected chi connectivity index (χ4v) is 5.72. The Morgan fingerprint density at radius 1 is 1.03 bits per heavy atom. The first-order chi connectivity index (χ1) is 17.0. The summed E-state index contributed by atoms with van der Waals surface area (Å²) >= 11 is 18.5. The zero-order chi connectivity index (χ0) is 26.5. The van der Waals surface area contributed by atoms with Gasteiger partial charge in [0.15, 0.2) is 0 Å². The van der Waals surface area contributed by atoms with Crippen molar-refractivity contribution in [2.75, 3.05) is 17.1 Å². The van der Waals surface area contributed by atoms with Crippen LogP contribution in [0.25, 0.3) is 0 Å². The van der Waals surface area contributed by atoms with Gasteiger partial charge in [-0.15, -0.1) is 0 Å². The molecule has 1 aliphatic carbocycles. The van der Waals surface area contributed by atoms with Gasteiger partial charge in [-0.3, -0.25) is 13.9 Å². The minimum atomic E-state index is -3.84. The van der Waals surface area contributed by atoms with E-state index in [2.05, 4.69) is 5.32 Å².